The van der Waals surface area contributed by atoms with E-state index >= 15 is 0 Å². The first-order chi connectivity index (χ1) is 10.8. The quantitative estimate of drug-likeness (QED) is 0.763. The van der Waals surface area contributed by atoms with E-state index in [2.05, 4.69) is 26.9 Å². The summed E-state index contributed by atoms with van der Waals surface area (Å²) in [6.45, 7) is 1.71. The number of H-pyrrole nitrogens is 1. The molecule has 5 nitrogen and oxygen atoms in total. The maximum Gasteiger partial charge on any atom is 0.225 e. The number of para-hydroxylation sites is 2. The highest BCUT2D eigenvalue weighted by molar-refractivity contribution is 7.98. The first-order valence-corrected chi connectivity index (χ1v) is 9.12. The number of carbonyl (C=O) groups excluding carboxylic acids is 1. The number of aromatic nitrogens is 2. The number of amides is 1. The summed E-state index contributed by atoms with van der Waals surface area (Å²) in [6.07, 6.45) is 3.88. The van der Waals surface area contributed by atoms with Crippen molar-refractivity contribution in [3.05, 3.63) is 30.1 Å². The number of aromatic amines is 1. The van der Waals surface area contributed by atoms with Crippen molar-refractivity contribution in [2.75, 3.05) is 25.1 Å². The molecule has 1 saturated heterocycles. The van der Waals surface area contributed by atoms with Gasteiger partial charge in [-0.05, 0) is 43.5 Å². The van der Waals surface area contributed by atoms with Gasteiger partial charge in [-0.15, -0.1) is 0 Å². The van der Waals surface area contributed by atoms with E-state index in [9.17, 15) is 4.79 Å². The highest BCUT2D eigenvalue weighted by Crippen LogP contribution is 2.21. The maximum atomic E-state index is 12.4. The molecule has 1 fully saturated rings. The molecular formula is C16H22N4OS. The lowest BCUT2D eigenvalue weighted by Gasteiger charge is -2.18. The number of hydrogen-bond acceptors (Lipinski definition) is 4. The molecule has 1 aliphatic heterocycles. The molecule has 0 spiro atoms. The molecule has 0 bridgehead atoms. The van der Waals surface area contributed by atoms with Crippen LogP contribution in [0.5, 0.6) is 0 Å². The fourth-order valence-electron chi connectivity index (χ4n) is 2.82. The molecule has 2 atom stereocenters. The van der Waals surface area contributed by atoms with Gasteiger partial charge < -0.3 is 15.6 Å². The van der Waals surface area contributed by atoms with Crippen molar-refractivity contribution in [2.45, 2.75) is 18.9 Å². The summed E-state index contributed by atoms with van der Waals surface area (Å²) in [5.41, 5.74) is 1.96. The van der Waals surface area contributed by atoms with Crippen LogP contribution in [0, 0.1) is 5.92 Å². The van der Waals surface area contributed by atoms with E-state index in [0.29, 0.717) is 0 Å². The lowest BCUT2D eigenvalue weighted by molar-refractivity contribution is -0.125. The third-order valence-corrected chi connectivity index (χ3v) is 4.74. The summed E-state index contributed by atoms with van der Waals surface area (Å²) < 4.78 is 0. The van der Waals surface area contributed by atoms with Gasteiger partial charge in [0.25, 0.3) is 0 Å². The second-order valence-corrected chi connectivity index (χ2v) is 6.66. The third-order valence-electron chi connectivity index (χ3n) is 4.10. The van der Waals surface area contributed by atoms with E-state index in [1.807, 2.05) is 24.3 Å². The van der Waals surface area contributed by atoms with Gasteiger partial charge in [0, 0.05) is 6.54 Å². The number of hydrogen-bond donors (Lipinski definition) is 3. The molecule has 1 aliphatic rings. The molecule has 0 saturated carbocycles. The number of benzene rings is 1. The lowest BCUT2D eigenvalue weighted by atomic mass is 10.1. The Bertz CT molecular complexity index is 603. The Balaban J connectivity index is 1.77. The Morgan fingerprint density at radius 2 is 2.36 bits per heavy atom. The minimum absolute atomic E-state index is 0.0482. The molecule has 0 aliphatic carbocycles. The molecule has 3 N–H and O–H groups in total. The Hall–Kier alpha value is -1.53. The summed E-state index contributed by atoms with van der Waals surface area (Å²) in [5, 5.41) is 6.43. The monoisotopic (exact) mass is 318 g/mol. The van der Waals surface area contributed by atoms with Crippen LogP contribution in [0.15, 0.2) is 24.3 Å². The van der Waals surface area contributed by atoms with Crippen LogP contribution in [0.3, 0.4) is 0 Å². The molecule has 1 aromatic carbocycles. The molecule has 22 heavy (non-hydrogen) atoms. The number of thioether (sulfide) groups is 1. The molecule has 118 valence electrons. The van der Waals surface area contributed by atoms with E-state index < -0.39 is 0 Å². The van der Waals surface area contributed by atoms with Gasteiger partial charge in [-0.3, -0.25) is 4.79 Å². The Morgan fingerprint density at radius 3 is 3.09 bits per heavy atom. The van der Waals surface area contributed by atoms with E-state index in [4.69, 9.17) is 0 Å². The van der Waals surface area contributed by atoms with Crippen LogP contribution in [0.4, 0.5) is 0 Å². The van der Waals surface area contributed by atoms with Crippen LogP contribution in [0.1, 0.15) is 24.7 Å². The van der Waals surface area contributed by atoms with E-state index in [0.717, 1.165) is 48.5 Å². The smallest absolute Gasteiger partial charge is 0.225 e. The van der Waals surface area contributed by atoms with Gasteiger partial charge in [0.05, 0.1) is 23.0 Å². The van der Waals surface area contributed by atoms with Crippen LogP contribution in [0.25, 0.3) is 11.0 Å². The zero-order valence-corrected chi connectivity index (χ0v) is 13.6. The van der Waals surface area contributed by atoms with Crippen LogP contribution in [-0.2, 0) is 4.79 Å². The van der Waals surface area contributed by atoms with E-state index in [-0.39, 0.29) is 17.9 Å². The highest BCUT2D eigenvalue weighted by atomic mass is 32.2. The molecule has 1 aromatic heterocycles. The summed E-state index contributed by atoms with van der Waals surface area (Å²) in [5.74, 6) is 2.07. The Kier molecular flexibility index (Phi) is 5.00. The molecule has 2 unspecified atom stereocenters. The van der Waals surface area contributed by atoms with E-state index in [1.54, 1.807) is 11.8 Å². The van der Waals surface area contributed by atoms with Crippen molar-refractivity contribution in [3.63, 3.8) is 0 Å². The van der Waals surface area contributed by atoms with Crippen LogP contribution in [-0.4, -0.2) is 41.0 Å². The largest absolute Gasteiger partial charge is 0.346 e. The molecule has 0 radical (unpaired) electrons. The van der Waals surface area contributed by atoms with Crippen LogP contribution >= 0.6 is 11.8 Å². The van der Waals surface area contributed by atoms with Crippen LogP contribution < -0.4 is 10.6 Å². The number of fused-ring (bicyclic) bond motifs is 1. The van der Waals surface area contributed by atoms with Crippen molar-refractivity contribution in [1.29, 1.82) is 0 Å². The second kappa shape index (κ2) is 7.15. The van der Waals surface area contributed by atoms with E-state index in [1.165, 1.54) is 0 Å². The molecule has 1 amide bonds. The highest BCUT2D eigenvalue weighted by Gasteiger charge is 2.26. The zero-order valence-electron chi connectivity index (χ0n) is 12.8. The summed E-state index contributed by atoms with van der Waals surface area (Å²) in [4.78, 5) is 20.4. The number of imidazole rings is 1. The molecule has 3 rings (SSSR count). The average molecular weight is 318 g/mol. The first-order valence-electron chi connectivity index (χ1n) is 7.72. The molecular weight excluding hydrogens is 296 g/mol. The summed E-state index contributed by atoms with van der Waals surface area (Å²) in [6, 6.07) is 7.92. The number of nitrogens with one attached hydrogen (secondary N) is 3. The standard InChI is InChI=1S/C16H22N4OS/c1-22-9-7-14(20-16(21)11-6-8-17-10-11)15-18-12-4-2-3-5-13(12)19-15/h2-5,11,14,17H,6-10H2,1H3,(H,18,19)(H,20,21). The molecule has 2 heterocycles. The third kappa shape index (κ3) is 3.44. The van der Waals surface area contributed by atoms with Gasteiger partial charge in [0.15, 0.2) is 0 Å². The fourth-order valence-corrected chi connectivity index (χ4v) is 3.29. The van der Waals surface area contributed by atoms with Gasteiger partial charge >= 0.3 is 0 Å². The predicted octanol–water partition coefficient (Wildman–Crippen LogP) is 2.08. The fraction of sp³-hybridized carbons (Fsp3) is 0.500. The van der Waals surface area contributed by atoms with Crippen LogP contribution in [0.2, 0.25) is 0 Å². The van der Waals surface area contributed by atoms with Gasteiger partial charge in [-0.25, -0.2) is 4.98 Å². The van der Waals surface area contributed by atoms with Gasteiger partial charge in [-0.2, -0.15) is 11.8 Å². The predicted molar refractivity (Wildman–Crippen MR) is 91.0 cm³/mol. The van der Waals surface area contributed by atoms with Crippen molar-refractivity contribution in [1.82, 2.24) is 20.6 Å². The van der Waals surface area contributed by atoms with Crippen molar-refractivity contribution >= 4 is 28.7 Å². The van der Waals surface area contributed by atoms with Crippen molar-refractivity contribution < 1.29 is 4.79 Å². The number of rotatable bonds is 6. The van der Waals surface area contributed by atoms with Gasteiger partial charge in [-0.1, -0.05) is 12.1 Å². The number of carbonyl (C=O) groups is 1. The zero-order chi connectivity index (χ0) is 15.4. The Labute approximate surface area is 134 Å². The van der Waals surface area contributed by atoms with Gasteiger partial charge in [0.1, 0.15) is 5.82 Å². The summed E-state index contributed by atoms with van der Waals surface area (Å²) >= 11 is 1.79. The minimum Gasteiger partial charge on any atom is -0.346 e. The SMILES string of the molecule is CSCCC(NC(=O)C1CCNC1)c1nc2ccccc2[nH]1. The topological polar surface area (TPSA) is 69.8 Å². The molecule has 6 heteroatoms. The first kappa shape index (κ1) is 15.4. The maximum absolute atomic E-state index is 12.4. The molecule has 2 aromatic rings. The second-order valence-electron chi connectivity index (χ2n) is 5.67. The normalized spacial score (nSPS) is 19.4. The minimum atomic E-state index is -0.0482. The Morgan fingerprint density at radius 1 is 1.50 bits per heavy atom. The van der Waals surface area contributed by atoms with Gasteiger partial charge in [0.2, 0.25) is 5.91 Å². The summed E-state index contributed by atoms with van der Waals surface area (Å²) in [7, 11) is 0. The van der Waals surface area contributed by atoms with Crippen molar-refractivity contribution in [2.24, 2.45) is 5.92 Å². The average Bonchev–Trinajstić information content (AvgIpc) is 3.19. The lowest BCUT2D eigenvalue weighted by Crippen LogP contribution is -2.35. The van der Waals surface area contributed by atoms with Crippen molar-refractivity contribution in [3.8, 4) is 0 Å². The number of nitrogens with zero attached hydrogens (tertiary/aromatic N) is 1.